The van der Waals surface area contributed by atoms with Crippen LogP contribution in [0.4, 0.5) is 5.69 Å². The fourth-order valence-electron chi connectivity index (χ4n) is 6.86. The zero-order chi connectivity index (χ0) is 26.8. The summed E-state index contributed by atoms with van der Waals surface area (Å²) in [6, 6.07) is 24.6. The first-order valence-electron chi connectivity index (χ1n) is 13.2. The number of ether oxygens (including phenoxy) is 2. The third kappa shape index (κ3) is 3.43. The van der Waals surface area contributed by atoms with Gasteiger partial charge in [-0.05, 0) is 44.0 Å². The highest BCUT2D eigenvalue weighted by molar-refractivity contribution is 6.26. The molecule has 4 aromatic rings. The SMILES string of the molecule is CC12CCC(CCOc3ccn(-c4ccccc4)n3)(O1)C1C(=O)N(c3ccc(C#N)c4ccccc34)C(=O)C12. The van der Waals surface area contributed by atoms with Crippen LogP contribution in [0.3, 0.4) is 0 Å². The van der Waals surface area contributed by atoms with Crippen molar-refractivity contribution in [2.45, 2.75) is 37.4 Å². The molecule has 1 aromatic heterocycles. The fourth-order valence-corrected chi connectivity index (χ4v) is 6.86. The Morgan fingerprint density at radius 1 is 0.974 bits per heavy atom. The number of hydrogen-bond acceptors (Lipinski definition) is 6. The van der Waals surface area contributed by atoms with Gasteiger partial charge in [0.2, 0.25) is 17.7 Å². The van der Waals surface area contributed by atoms with E-state index >= 15 is 0 Å². The molecule has 2 bridgehead atoms. The smallest absolute Gasteiger partial charge is 0.240 e. The highest BCUT2D eigenvalue weighted by atomic mass is 16.5. The molecule has 8 nitrogen and oxygen atoms in total. The molecule has 2 amide bonds. The van der Waals surface area contributed by atoms with Crippen LogP contribution < -0.4 is 9.64 Å². The van der Waals surface area contributed by atoms with E-state index in [0.29, 0.717) is 48.4 Å². The maximum absolute atomic E-state index is 14.0. The van der Waals surface area contributed by atoms with Crippen LogP contribution in [0, 0.1) is 23.2 Å². The van der Waals surface area contributed by atoms with Gasteiger partial charge in [-0.3, -0.25) is 9.59 Å². The van der Waals surface area contributed by atoms with E-state index in [-0.39, 0.29) is 11.8 Å². The van der Waals surface area contributed by atoms with Crippen molar-refractivity contribution in [3.63, 3.8) is 0 Å². The summed E-state index contributed by atoms with van der Waals surface area (Å²) in [6.07, 6.45) is 3.71. The van der Waals surface area contributed by atoms with E-state index in [1.165, 1.54) is 4.90 Å². The van der Waals surface area contributed by atoms with Crippen molar-refractivity contribution in [2.75, 3.05) is 11.5 Å². The molecule has 7 rings (SSSR count). The molecule has 0 aliphatic carbocycles. The average molecular weight is 519 g/mol. The Kier molecular flexibility index (Phi) is 5.16. The van der Waals surface area contributed by atoms with Gasteiger partial charge in [-0.2, -0.15) is 5.26 Å². The van der Waals surface area contributed by atoms with E-state index in [1.54, 1.807) is 16.8 Å². The van der Waals surface area contributed by atoms with Gasteiger partial charge in [0, 0.05) is 29.5 Å². The molecule has 194 valence electrons. The van der Waals surface area contributed by atoms with E-state index in [2.05, 4.69) is 11.2 Å². The summed E-state index contributed by atoms with van der Waals surface area (Å²) in [7, 11) is 0. The summed E-state index contributed by atoms with van der Waals surface area (Å²) < 4.78 is 14.3. The van der Waals surface area contributed by atoms with E-state index in [9.17, 15) is 14.9 Å². The van der Waals surface area contributed by atoms with E-state index in [1.807, 2.05) is 73.8 Å². The molecule has 3 aliphatic rings. The predicted molar refractivity (Wildman–Crippen MR) is 143 cm³/mol. The number of nitriles is 1. The van der Waals surface area contributed by atoms with Gasteiger partial charge in [-0.25, -0.2) is 9.58 Å². The Balaban J connectivity index is 1.16. The predicted octanol–water partition coefficient (Wildman–Crippen LogP) is 4.79. The number of anilines is 1. The van der Waals surface area contributed by atoms with Crippen LogP contribution in [-0.4, -0.2) is 39.4 Å². The molecule has 0 saturated carbocycles. The fraction of sp³-hybridized carbons (Fsp3) is 0.290. The van der Waals surface area contributed by atoms with E-state index < -0.39 is 23.0 Å². The van der Waals surface area contributed by atoms with Crippen LogP contribution in [0.25, 0.3) is 16.5 Å². The molecule has 3 saturated heterocycles. The van der Waals surface area contributed by atoms with Gasteiger partial charge in [0.25, 0.3) is 0 Å². The number of nitrogens with zero attached hydrogens (tertiary/aromatic N) is 4. The second kappa shape index (κ2) is 8.52. The van der Waals surface area contributed by atoms with Crippen LogP contribution in [0.5, 0.6) is 5.88 Å². The van der Waals surface area contributed by atoms with Crippen LogP contribution in [0.2, 0.25) is 0 Å². The van der Waals surface area contributed by atoms with Gasteiger partial charge in [-0.1, -0.05) is 42.5 Å². The normalized spacial score (nSPS) is 27.2. The Morgan fingerprint density at radius 2 is 1.72 bits per heavy atom. The molecular weight excluding hydrogens is 492 g/mol. The Bertz CT molecular complexity index is 1670. The number of para-hydroxylation sites is 1. The lowest BCUT2D eigenvalue weighted by Gasteiger charge is -2.31. The number of carbonyl (C=O) groups is 2. The van der Waals surface area contributed by atoms with Gasteiger partial charge in [0.15, 0.2) is 0 Å². The molecule has 3 fully saturated rings. The maximum atomic E-state index is 14.0. The molecule has 0 radical (unpaired) electrons. The van der Waals surface area contributed by atoms with Crippen molar-refractivity contribution in [3.05, 3.63) is 84.6 Å². The van der Waals surface area contributed by atoms with Gasteiger partial charge in [0.05, 0.1) is 52.7 Å². The van der Waals surface area contributed by atoms with Gasteiger partial charge in [-0.15, -0.1) is 5.10 Å². The minimum atomic E-state index is -0.773. The minimum absolute atomic E-state index is 0.230. The topological polar surface area (TPSA) is 97.4 Å². The quantitative estimate of drug-likeness (QED) is 0.341. The first kappa shape index (κ1) is 23.6. The zero-order valence-electron chi connectivity index (χ0n) is 21.4. The van der Waals surface area contributed by atoms with Crippen LogP contribution in [0.1, 0.15) is 31.7 Å². The molecule has 0 N–H and O–H groups in total. The lowest BCUT2D eigenvalue weighted by atomic mass is 9.67. The number of carbonyl (C=O) groups excluding carboxylic acids is 2. The monoisotopic (exact) mass is 518 g/mol. The molecule has 39 heavy (non-hydrogen) atoms. The van der Waals surface area contributed by atoms with E-state index in [4.69, 9.17) is 9.47 Å². The molecular formula is C31H26N4O4. The van der Waals surface area contributed by atoms with Crippen molar-refractivity contribution >= 4 is 28.3 Å². The Hall–Kier alpha value is -4.48. The molecule has 3 aliphatic heterocycles. The van der Waals surface area contributed by atoms with Crippen molar-refractivity contribution in [3.8, 4) is 17.6 Å². The second-order valence-electron chi connectivity index (χ2n) is 10.8. The number of hydrogen-bond donors (Lipinski definition) is 0. The molecule has 8 heteroatoms. The highest BCUT2D eigenvalue weighted by Gasteiger charge is 2.73. The van der Waals surface area contributed by atoms with Gasteiger partial charge in [0.1, 0.15) is 0 Å². The summed E-state index contributed by atoms with van der Waals surface area (Å²) >= 11 is 0. The molecule has 4 heterocycles. The Morgan fingerprint density at radius 3 is 2.51 bits per heavy atom. The molecule has 0 spiro atoms. The highest BCUT2D eigenvalue weighted by Crippen LogP contribution is 2.62. The number of rotatable bonds is 6. The maximum Gasteiger partial charge on any atom is 0.240 e. The average Bonchev–Trinajstić information content (AvgIpc) is 3.69. The largest absolute Gasteiger partial charge is 0.476 e. The number of amides is 2. The summed E-state index contributed by atoms with van der Waals surface area (Å²) in [5, 5.41) is 15.5. The van der Waals surface area contributed by atoms with Crippen molar-refractivity contribution in [1.29, 1.82) is 5.26 Å². The van der Waals surface area contributed by atoms with Crippen molar-refractivity contribution in [1.82, 2.24) is 9.78 Å². The third-order valence-corrected chi connectivity index (χ3v) is 8.63. The van der Waals surface area contributed by atoms with Crippen LogP contribution in [-0.2, 0) is 14.3 Å². The summed E-state index contributed by atoms with van der Waals surface area (Å²) in [6.45, 7) is 2.26. The van der Waals surface area contributed by atoms with Gasteiger partial charge >= 0.3 is 0 Å². The number of aromatic nitrogens is 2. The molecule has 4 unspecified atom stereocenters. The zero-order valence-corrected chi connectivity index (χ0v) is 21.4. The van der Waals surface area contributed by atoms with Crippen LogP contribution in [0.15, 0.2) is 79.0 Å². The third-order valence-electron chi connectivity index (χ3n) is 8.63. The first-order chi connectivity index (χ1) is 18.9. The van der Waals surface area contributed by atoms with Crippen molar-refractivity contribution < 1.29 is 19.1 Å². The standard InChI is InChI=1S/C31H26N4O4/c1-30-14-15-31(39-30,16-18-38-25-13-17-34(33-25)21-7-3-2-4-8-21)27-26(30)28(36)35(29(27)37)24-12-11-20(19-32)22-9-5-6-10-23(22)24/h2-13,17,26-27H,14-16,18H2,1H3. The minimum Gasteiger partial charge on any atom is -0.476 e. The lowest BCUT2D eigenvalue weighted by Crippen LogP contribution is -2.43. The summed E-state index contributed by atoms with van der Waals surface area (Å²) in [4.78, 5) is 29.2. The van der Waals surface area contributed by atoms with Crippen molar-refractivity contribution in [2.24, 2.45) is 11.8 Å². The van der Waals surface area contributed by atoms with E-state index in [0.717, 1.165) is 11.1 Å². The summed E-state index contributed by atoms with van der Waals surface area (Å²) in [5.74, 6) is -1.11. The summed E-state index contributed by atoms with van der Waals surface area (Å²) in [5.41, 5.74) is 0.488. The Labute approximate surface area is 225 Å². The van der Waals surface area contributed by atoms with Gasteiger partial charge < -0.3 is 9.47 Å². The molecule has 4 atom stereocenters. The van der Waals surface area contributed by atoms with Crippen LogP contribution >= 0.6 is 0 Å². The lowest BCUT2D eigenvalue weighted by molar-refractivity contribution is -0.131. The molecule has 3 aromatic carbocycles. The number of benzene rings is 3. The first-order valence-corrected chi connectivity index (χ1v) is 13.2. The second-order valence-corrected chi connectivity index (χ2v) is 10.8. The number of fused-ring (bicyclic) bond motifs is 6. The number of imide groups is 1.